The number of aliphatic imine (C=N–C) groups is 2. The lowest BCUT2D eigenvalue weighted by Gasteiger charge is -2.14. The van der Waals surface area contributed by atoms with Crippen molar-refractivity contribution in [3.63, 3.8) is 0 Å². The molecule has 0 aliphatic carbocycles. The second-order valence-corrected chi connectivity index (χ2v) is 11.5. The Kier molecular flexibility index (Phi) is 8.18. The normalized spacial score (nSPS) is 14.4. The number of aromatic nitrogens is 4. The zero-order valence-electron chi connectivity index (χ0n) is 25.4. The Morgan fingerprint density at radius 1 is 0.660 bits per heavy atom. The fourth-order valence-corrected chi connectivity index (χ4v) is 5.20. The van der Waals surface area contributed by atoms with Gasteiger partial charge in [-0.2, -0.15) is 9.98 Å². The van der Waals surface area contributed by atoms with Crippen molar-refractivity contribution in [3.05, 3.63) is 105 Å². The van der Waals surface area contributed by atoms with Gasteiger partial charge in [0.1, 0.15) is 17.3 Å². The Hall–Kier alpha value is -6.59. The maximum Gasteiger partial charge on any atom is 0.348 e. The molecule has 3 aromatic carbocycles. The Labute approximate surface area is 290 Å². The fourth-order valence-electron chi connectivity index (χ4n) is 4.95. The molecule has 0 atom stereocenters. The summed E-state index contributed by atoms with van der Waals surface area (Å²) in [7, 11) is 0. The van der Waals surface area contributed by atoms with Crippen LogP contribution in [0.25, 0.3) is 0 Å². The van der Waals surface area contributed by atoms with Gasteiger partial charge < -0.3 is 20.8 Å². The third-order valence-electron chi connectivity index (χ3n) is 7.32. The number of nitrogens with zero attached hydrogens (tertiary/aromatic N) is 10. The first-order chi connectivity index (χ1) is 24.0. The summed E-state index contributed by atoms with van der Waals surface area (Å²) in [6.45, 7) is 1.84. The van der Waals surface area contributed by atoms with Gasteiger partial charge >= 0.3 is 12.1 Å². The van der Waals surface area contributed by atoms with E-state index in [1.165, 1.54) is 0 Å². The van der Waals surface area contributed by atoms with Crippen LogP contribution in [0, 0.1) is 6.92 Å². The predicted octanol–water partition coefficient (Wildman–Crippen LogP) is 7.19. The number of urea groups is 2. The number of fused-ring (bicyclic) bond motifs is 2. The number of benzene rings is 3. The first-order valence-corrected chi connectivity index (χ1v) is 15.2. The van der Waals surface area contributed by atoms with Gasteiger partial charge in [0, 0.05) is 27.0 Å². The van der Waals surface area contributed by atoms with Crippen LogP contribution in [0.1, 0.15) is 33.2 Å². The summed E-state index contributed by atoms with van der Waals surface area (Å²) in [6, 6.07) is 17.4. The number of azo groups is 2. The lowest BCUT2D eigenvalue weighted by atomic mass is 9.91. The van der Waals surface area contributed by atoms with Crippen molar-refractivity contribution in [3.8, 4) is 11.8 Å². The molecule has 19 heteroatoms. The number of carbonyl (C=O) groups excluding carboxylic acids is 3. The number of Topliss-reactive ketones (excluding diaryl/α,β-unsaturated/α-hetero) is 1. The van der Waals surface area contributed by atoms with E-state index in [1.807, 2.05) is 6.92 Å². The van der Waals surface area contributed by atoms with Crippen LogP contribution in [0.2, 0.25) is 10.0 Å². The van der Waals surface area contributed by atoms with Crippen LogP contribution < -0.4 is 10.6 Å². The third-order valence-corrected chi connectivity index (χ3v) is 7.82. The largest absolute Gasteiger partial charge is 0.493 e. The number of halogens is 2. The summed E-state index contributed by atoms with van der Waals surface area (Å²) in [5.41, 5.74) is 1.27. The summed E-state index contributed by atoms with van der Waals surface area (Å²) in [4.78, 5) is 55.9. The summed E-state index contributed by atoms with van der Waals surface area (Å²) in [6.07, 6.45) is 0. The van der Waals surface area contributed by atoms with E-state index >= 15 is 0 Å². The van der Waals surface area contributed by atoms with Crippen molar-refractivity contribution in [2.75, 3.05) is 10.6 Å². The average Bonchev–Trinajstić information content (AvgIpc) is 3.84. The van der Waals surface area contributed by atoms with Gasteiger partial charge in [0.2, 0.25) is 11.8 Å². The molecule has 0 saturated heterocycles. The predicted molar refractivity (Wildman–Crippen MR) is 181 cm³/mol. The van der Waals surface area contributed by atoms with Gasteiger partial charge in [-0.3, -0.25) is 4.79 Å². The van der Waals surface area contributed by atoms with Crippen molar-refractivity contribution in [2.24, 2.45) is 30.4 Å². The molecule has 4 heterocycles. The number of aromatic hydroxyl groups is 2. The van der Waals surface area contributed by atoms with Crippen LogP contribution >= 0.6 is 23.2 Å². The van der Waals surface area contributed by atoms with Crippen LogP contribution in [0.5, 0.6) is 11.8 Å². The lowest BCUT2D eigenvalue weighted by Crippen LogP contribution is -2.17. The number of amides is 4. The van der Waals surface area contributed by atoms with Crippen LogP contribution in [0.3, 0.4) is 0 Å². The molecule has 2 aliphatic rings. The minimum absolute atomic E-state index is 0.191. The highest BCUT2D eigenvalue weighted by atomic mass is 35.5. The van der Waals surface area contributed by atoms with Gasteiger partial charge in [-0.25, -0.2) is 28.7 Å². The maximum absolute atomic E-state index is 14.2. The molecule has 4 amide bonds. The van der Waals surface area contributed by atoms with E-state index in [4.69, 9.17) is 23.2 Å². The van der Waals surface area contributed by atoms with Crippen molar-refractivity contribution in [2.45, 2.75) is 12.8 Å². The Morgan fingerprint density at radius 3 is 1.50 bits per heavy atom. The van der Waals surface area contributed by atoms with Crippen LogP contribution in [0.15, 0.2) is 103 Å². The second kappa shape index (κ2) is 12.8. The van der Waals surface area contributed by atoms with Gasteiger partial charge in [-0.1, -0.05) is 53.0 Å². The summed E-state index contributed by atoms with van der Waals surface area (Å²) in [5.74, 6) is -4.61. The van der Waals surface area contributed by atoms with Gasteiger partial charge in [0.05, 0.1) is 0 Å². The molecule has 17 nitrogen and oxygen atoms in total. The minimum atomic E-state index is -1.56. The minimum Gasteiger partial charge on any atom is -0.493 e. The van der Waals surface area contributed by atoms with E-state index in [2.05, 4.69) is 51.0 Å². The molecule has 2 aromatic heterocycles. The number of imidazole rings is 2. The zero-order valence-corrected chi connectivity index (χ0v) is 26.9. The number of anilines is 2. The van der Waals surface area contributed by atoms with Gasteiger partial charge in [0.25, 0.3) is 23.8 Å². The van der Waals surface area contributed by atoms with Crippen molar-refractivity contribution < 1.29 is 24.6 Å². The summed E-state index contributed by atoms with van der Waals surface area (Å²) in [5, 5.41) is 44.4. The Morgan fingerprint density at radius 2 is 1.08 bits per heavy atom. The molecule has 0 unspecified atom stereocenters. The number of ketones is 1. The molecule has 0 fully saturated rings. The van der Waals surface area contributed by atoms with Crippen molar-refractivity contribution >= 4 is 76.2 Å². The molecule has 7 rings (SSSR count). The fraction of sp³-hybridized carbons (Fsp3) is 0.0645. The molecule has 2 aliphatic heterocycles. The Balaban J connectivity index is 1.25. The molecule has 0 spiro atoms. The number of aryl methyl sites for hydroxylation is 1. The van der Waals surface area contributed by atoms with Crippen LogP contribution in [-0.4, -0.2) is 59.1 Å². The molecular formula is C31H20Cl2N12O5. The second-order valence-electron chi connectivity index (χ2n) is 10.7. The monoisotopic (exact) mass is 710 g/mol. The first kappa shape index (κ1) is 32.0. The number of nitrogens with one attached hydrogen (secondary N) is 2. The third kappa shape index (κ3) is 6.09. The number of hydrogen-bond acceptors (Lipinski definition) is 9. The first-order valence-electron chi connectivity index (χ1n) is 14.4. The van der Waals surface area contributed by atoms with E-state index in [0.717, 1.165) is 14.7 Å². The smallest absolute Gasteiger partial charge is 0.348 e. The molecule has 4 N–H and O–H groups in total. The van der Waals surface area contributed by atoms with E-state index < -0.39 is 35.5 Å². The van der Waals surface area contributed by atoms with Crippen LogP contribution in [0.4, 0.5) is 32.9 Å². The maximum atomic E-state index is 14.2. The van der Waals surface area contributed by atoms with E-state index in [0.29, 0.717) is 21.4 Å². The zero-order chi connectivity index (χ0) is 35.1. The molecule has 0 bridgehead atoms. The van der Waals surface area contributed by atoms with E-state index in [-0.39, 0.29) is 40.8 Å². The highest BCUT2D eigenvalue weighted by molar-refractivity contribution is 6.31. The van der Waals surface area contributed by atoms with Gasteiger partial charge in [-0.15, -0.1) is 20.5 Å². The quantitative estimate of drug-likeness (QED) is 0.132. The lowest BCUT2D eigenvalue weighted by molar-refractivity contribution is 0.0968. The summed E-state index contributed by atoms with van der Waals surface area (Å²) >= 11 is 11.8. The molecule has 5 aromatic rings. The molecule has 0 radical (unpaired) electrons. The SMILES string of the molecule is Cc1ccc(C(=O)C(c2nc3n(c2O)/C(=N/C(=O)Nc2ccc(Cl)cc2)N=N3)c2nc3n(c2O)/C(=N/C(=O)Nc2ccc(Cl)cc2)N=N3)cc1. The Bertz CT molecular complexity index is 2190. The van der Waals surface area contributed by atoms with Crippen LogP contribution in [-0.2, 0) is 0 Å². The number of rotatable bonds is 6. The highest BCUT2D eigenvalue weighted by Crippen LogP contribution is 2.43. The van der Waals surface area contributed by atoms with Gasteiger partial charge in [-0.05, 0) is 55.5 Å². The standard InChI is InChI=1S/C31H20Cl2N12O5/c1-14-2-4-15(5-3-14)23(46)20(21-24(47)44-26(36-21)40-42-28(44)38-30(49)34-18-10-6-16(32)7-11-18)22-25(48)45-27(37-22)41-43-29(45)39-31(50)35-19-12-8-17(33)9-13-19/h2-13,20,47-48H,1H3,(H,34,49)(H,35,50)/b38-28+,39-29+. The van der Waals surface area contributed by atoms with Gasteiger partial charge in [0.15, 0.2) is 5.78 Å². The van der Waals surface area contributed by atoms with Crippen molar-refractivity contribution in [1.29, 1.82) is 0 Å². The highest BCUT2D eigenvalue weighted by Gasteiger charge is 2.40. The molecule has 0 saturated carbocycles. The molecule has 248 valence electrons. The van der Waals surface area contributed by atoms with Crippen molar-refractivity contribution in [1.82, 2.24) is 19.1 Å². The number of hydrogen-bond donors (Lipinski definition) is 4. The topological polar surface area (TPSA) is 226 Å². The molecular weight excluding hydrogens is 691 g/mol. The summed E-state index contributed by atoms with van der Waals surface area (Å²) < 4.78 is 1.92. The average molecular weight is 711 g/mol. The number of carbonyl (C=O) groups is 3. The van der Waals surface area contributed by atoms with E-state index in [1.54, 1.807) is 72.8 Å². The van der Waals surface area contributed by atoms with E-state index in [9.17, 15) is 24.6 Å². The molecule has 50 heavy (non-hydrogen) atoms.